The topological polar surface area (TPSA) is 90.5 Å². The second kappa shape index (κ2) is 12.2. The summed E-state index contributed by atoms with van der Waals surface area (Å²) in [5, 5.41) is 7.73. The van der Waals surface area contributed by atoms with Crippen molar-refractivity contribution in [1.82, 2.24) is 14.2 Å². The zero-order valence-corrected chi connectivity index (χ0v) is 24.1. The first-order valence-electron chi connectivity index (χ1n) is 14.0. The lowest BCUT2D eigenvalue weighted by molar-refractivity contribution is -0.118. The van der Waals surface area contributed by atoms with E-state index in [0.29, 0.717) is 28.2 Å². The van der Waals surface area contributed by atoms with Crippen LogP contribution in [0.25, 0.3) is 28.0 Å². The second-order valence-corrected chi connectivity index (χ2v) is 10.2. The van der Waals surface area contributed by atoms with E-state index in [4.69, 9.17) is 9.72 Å². The normalized spacial score (nSPS) is 11.2. The minimum Gasteiger partial charge on any atom is -0.484 e. The first-order valence-corrected chi connectivity index (χ1v) is 14.0. The molecule has 4 aromatic carbocycles. The number of carbonyl (C=O) groups excluding carboxylic acids is 1. The molecule has 0 saturated heterocycles. The molecule has 0 aliphatic rings. The summed E-state index contributed by atoms with van der Waals surface area (Å²) in [6.45, 7) is 3.76. The standard InChI is InChI=1S/C35H28FN5O3/c1-23-19-26(21-37-41-34(25-9-4-3-5-10-25)39-32-14-7-6-13-31(32)35(41)43)24(2)40(23)29-15-17-30(18-16-29)44-22-33(42)38-28-12-8-11-27(36)20-28/h3-21H,22H2,1-2H3,(H,38,42). The molecule has 9 heteroatoms. The molecular weight excluding hydrogens is 557 g/mol. The highest BCUT2D eigenvalue weighted by atomic mass is 19.1. The summed E-state index contributed by atoms with van der Waals surface area (Å²) in [5.41, 5.74) is 5.15. The largest absolute Gasteiger partial charge is 0.484 e. The predicted molar refractivity (Wildman–Crippen MR) is 170 cm³/mol. The van der Waals surface area contributed by atoms with Crippen LogP contribution in [-0.2, 0) is 4.79 Å². The fourth-order valence-electron chi connectivity index (χ4n) is 5.04. The molecule has 6 aromatic rings. The number of carbonyl (C=O) groups is 1. The molecule has 0 saturated carbocycles. The predicted octanol–water partition coefficient (Wildman–Crippen LogP) is 6.51. The lowest BCUT2D eigenvalue weighted by atomic mass is 10.2. The number of hydrogen-bond acceptors (Lipinski definition) is 5. The van der Waals surface area contributed by atoms with Crippen molar-refractivity contribution in [2.45, 2.75) is 13.8 Å². The van der Waals surface area contributed by atoms with E-state index in [9.17, 15) is 14.0 Å². The minimum atomic E-state index is -0.430. The van der Waals surface area contributed by atoms with Crippen LogP contribution >= 0.6 is 0 Å². The van der Waals surface area contributed by atoms with E-state index in [1.54, 1.807) is 30.5 Å². The van der Waals surface area contributed by atoms with Crippen LogP contribution in [0.2, 0.25) is 0 Å². The van der Waals surface area contributed by atoms with Gasteiger partial charge in [0.25, 0.3) is 11.5 Å². The minimum absolute atomic E-state index is 0.216. The number of nitrogens with zero attached hydrogens (tertiary/aromatic N) is 4. The number of aryl methyl sites for hydroxylation is 1. The summed E-state index contributed by atoms with van der Waals surface area (Å²) < 4.78 is 22.4. The Morgan fingerprint density at radius 3 is 2.45 bits per heavy atom. The summed E-state index contributed by atoms with van der Waals surface area (Å²) in [6.07, 6.45) is 1.68. The quantitative estimate of drug-likeness (QED) is 0.206. The Labute approximate surface area is 252 Å². The van der Waals surface area contributed by atoms with E-state index < -0.39 is 11.7 Å². The number of ether oxygens (including phenoxy) is 1. The fraction of sp³-hybridized carbons (Fsp3) is 0.0857. The first kappa shape index (κ1) is 28.3. The number of aromatic nitrogens is 3. The molecule has 0 bridgehead atoms. The third-order valence-corrected chi connectivity index (χ3v) is 7.14. The number of hydrogen-bond donors (Lipinski definition) is 1. The molecule has 8 nitrogen and oxygen atoms in total. The smallest absolute Gasteiger partial charge is 0.282 e. The van der Waals surface area contributed by atoms with E-state index in [0.717, 1.165) is 28.2 Å². The molecule has 1 amide bonds. The van der Waals surface area contributed by atoms with E-state index in [-0.39, 0.29) is 12.2 Å². The van der Waals surface area contributed by atoms with Crippen molar-refractivity contribution in [3.8, 4) is 22.8 Å². The Bertz CT molecular complexity index is 2070. The maximum atomic E-state index is 13.5. The molecule has 218 valence electrons. The summed E-state index contributed by atoms with van der Waals surface area (Å²) >= 11 is 0. The second-order valence-electron chi connectivity index (χ2n) is 10.2. The molecule has 0 aliphatic carbocycles. The molecule has 0 aliphatic heterocycles. The number of benzene rings is 4. The van der Waals surface area contributed by atoms with Gasteiger partial charge in [0.05, 0.1) is 17.1 Å². The van der Waals surface area contributed by atoms with Gasteiger partial charge in [0.15, 0.2) is 12.4 Å². The van der Waals surface area contributed by atoms with Crippen molar-refractivity contribution in [3.05, 3.63) is 142 Å². The lowest BCUT2D eigenvalue weighted by Crippen LogP contribution is -2.20. The van der Waals surface area contributed by atoms with Gasteiger partial charge in [-0.15, -0.1) is 0 Å². The number of para-hydroxylation sites is 1. The van der Waals surface area contributed by atoms with Gasteiger partial charge in [0, 0.05) is 33.9 Å². The average Bonchev–Trinajstić information content (AvgIpc) is 3.32. The van der Waals surface area contributed by atoms with Crippen molar-refractivity contribution >= 4 is 28.7 Å². The summed E-state index contributed by atoms with van der Waals surface area (Å²) in [5.74, 6) is 0.154. The molecule has 44 heavy (non-hydrogen) atoms. The molecular formula is C35H28FN5O3. The van der Waals surface area contributed by atoms with Crippen LogP contribution in [0.1, 0.15) is 17.0 Å². The van der Waals surface area contributed by atoms with E-state index in [2.05, 4.69) is 15.0 Å². The maximum absolute atomic E-state index is 13.5. The Kier molecular flexibility index (Phi) is 7.84. The van der Waals surface area contributed by atoms with Crippen molar-refractivity contribution in [3.63, 3.8) is 0 Å². The fourth-order valence-corrected chi connectivity index (χ4v) is 5.04. The van der Waals surface area contributed by atoms with Crippen LogP contribution in [-0.4, -0.2) is 33.0 Å². The Morgan fingerprint density at radius 2 is 1.68 bits per heavy atom. The highest BCUT2D eigenvalue weighted by Crippen LogP contribution is 2.23. The van der Waals surface area contributed by atoms with Crippen molar-refractivity contribution in [2.24, 2.45) is 5.10 Å². The van der Waals surface area contributed by atoms with Crippen LogP contribution in [0, 0.1) is 19.7 Å². The molecule has 2 heterocycles. The molecule has 0 unspecified atom stereocenters. The highest BCUT2D eigenvalue weighted by molar-refractivity contribution is 5.91. The number of halogens is 1. The van der Waals surface area contributed by atoms with E-state index in [1.165, 1.54) is 22.9 Å². The zero-order chi connectivity index (χ0) is 30.6. The number of nitrogens with one attached hydrogen (secondary N) is 1. The van der Waals surface area contributed by atoms with Gasteiger partial charge in [-0.2, -0.15) is 9.78 Å². The molecule has 0 spiro atoms. The molecule has 0 fully saturated rings. The SMILES string of the molecule is Cc1cc(C=Nn2c(-c3ccccc3)nc3ccccc3c2=O)c(C)n1-c1ccc(OCC(=O)Nc2cccc(F)c2)cc1. The van der Waals surface area contributed by atoms with Gasteiger partial charge in [-0.25, -0.2) is 9.37 Å². The summed E-state index contributed by atoms with van der Waals surface area (Å²) in [7, 11) is 0. The highest BCUT2D eigenvalue weighted by Gasteiger charge is 2.14. The van der Waals surface area contributed by atoms with Crippen LogP contribution < -0.4 is 15.6 Å². The van der Waals surface area contributed by atoms with Crippen molar-refractivity contribution in [1.29, 1.82) is 0 Å². The molecule has 1 N–H and O–H groups in total. The van der Waals surface area contributed by atoms with Gasteiger partial charge in [0.2, 0.25) is 0 Å². The summed E-state index contributed by atoms with van der Waals surface area (Å²) in [6, 6.07) is 31.8. The molecule has 0 radical (unpaired) electrons. The van der Waals surface area contributed by atoms with E-state index >= 15 is 0 Å². The molecule has 2 aromatic heterocycles. The van der Waals surface area contributed by atoms with Gasteiger partial charge in [-0.05, 0) is 74.5 Å². The lowest BCUT2D eigenvalue weighted by Gasteiger charge is -2.12. The first-order chi connectivity index (χ1) is 21.4. The molecule has 0 atom stereocenters. The van der Waals surface area contributed by atoms with Gasteiger partial charge in [-0.1, -0.05) is 48.5 Å². The number of anilines is 1. The van der Waals surface area contributed by atoms with Gasteiger partial charge in [-0.3, -0.25) is 9.59 Å². The Hall–Kier alpha value is -5.83. The third-order valence-electron chi connectivity index (χ3n) is 7.14. The number of rotatable bonds is 8. The Balaban J connectivity index is 1.23. The third kappa shape index (κ3) is 5.89. The van der Waals surface area contributed by atoms with Crippen LogP contribution in [0.15, 0.2) is 119 Å². The monoisotopic (exact) mass is 585 g/mol. The average molecular weight is 586 g/mol. The van der Waals surface area contributed by atoms with Crippen molar-refractivity contribution in [2.75, 3.05) is 11.9 Å². The Morgan fingerprint density at radius 1 is 0.932 bits per heavy atom. The van der Waals surface area contributed by atoms with Crippen LogP contribution in [0.5, 0.6) is 5.75 Å². The summed E-state index contributed by atoms with van der Waals surface area (Å²) in [4.78, 5) is 30.5. The van der Waals surface area contributed by atoms with Crippen LogP contribution in [0.4, 0.5) is 10.1 Å². The van der Waals surface area contributed by atoms with Crippen molar-refractivity contribution < 1.29 is 13.9 Å². The maximum Gasteiger partial charge on any atom is 0.282 e. The molecule has 6 rings (SSSR count). The zero-order valence-electron chi connectivity index (χ0n) is 24.1. The number of amides is 1. The van der Waals surface area contributed by atoms with Gasteiger partial charge < -0.3 is 14.6 Å². The van der Waals surface area contributed by atoms with Gasteiger partial charge >= 0.3 is 0 Å². The number of fused-ring (bicyclic) bond motifs is 1. The van der Waals surface area contributed by atoms with Crippen LogP contribution in [0.3, 0.4) is 0 Å². The van der Waals surface area contributed by atoms with Gasteiger partial charge in [0.1, 0.15) is 11.6 Å². The van der Waals surface area contributed by atoms with E-state index in [1.807, 2.05) is 80.6 Å².